The molecule has 0 amide bonds. The Bertz CT molecular complexity index is 711. The first-order valence-corrected chi connectivity index (χ1v) is 6.59. The van der Waals surface area contributed by atoms with Gasteiger partial charge in [-0.1, -0.05) is 12.1 Å². The van der Waals surface area contributed by atoms with Gasteiger partial charge in [0.2, 0.25) is 0 Å². The Kier molecular flexibility index (Phi) is 4.63. The summed E-state index contributed by atoms with van der Waals surface area (Å²) in [5.41, 5.74) is 6.00. The lowest BCUT2D eigenvalue weighted by Crippen LogP contribution is -2.11. The fourth-order valence-electron chi connectivity index (χ4n) is 1.85. The van der Waals surface area contributed by atoms with Crippen LogP contribution in [0.2, 0.25) is 0 Å². The lowest BCUT2D eigenvalue weighted by Gasteiger charge is -2.11. The Labute approximate surface area is 127 Å². The minimum Gasteiger partial charge on any atom is -0.478 e. The van der Waals surface area contributed by atoms with Gasteiger partial charge in [-0.25, -0.2) is 9.59 Å². The van der Waals surface area contributed by atoms with Crippen molar-refractivity contribution in [3.8, 4) is 11.5 Å². The molecular formula is C16H15NO5. The van der Waals surface area contributed by atoms with Crippen LogP contribution in [0.4, 0.5) is 5.69 Å². The fraction of sp³-hybridized carbons (Fsp3) is 0.125. The van der Waals surface area contributed by atoms with Crippen molar-refractivity contribution in [3.05, 3.63) is 53.6 Å². The Morgan fingerprint density at radius 2 is 1.86 bits per heavy atom. The molecule has 0 aliphatic heterocycles. The van der Waals surface area contributed by atoms with Crippen LogP contribution in [0.1, 0.15) is 27.6 Å². The van der Waals surface area contributed by atoms with Crippen LogP contribution in [0, 0.1) is 0 Å². The summed E-state index contributed by atoms with van der Waals surface area (Å²) in [6, 6.07) is 10.9. The third kappa shape index (κ3) is 3.35. The van der Waals surface area contributed by atoms with Crippen LogP contribution in [-0.4, -0.2) is 23.7 Å². The summed E-state index contributed by atoms with van der Waals surface area (Å²) >= 11 is 0. The zero-order valence-electron chi connectivity index (χ0n) is 11.9. The van der Waals surface area contributed by atoms with Gasteiger partial charge in [0.1, 0.15) is 11.5 Å². The highest BCUT2D eigenvalue weighted by Gasteiger charge is 2.19. The first kappa shape index (κ1) is 15.4. The Morgan fingerprint density at radius 1 is 1.14 bits per heavy atom. The second-order valence-electron chi connectivity index (χ2n) is 4.37. The summed E-state index contributed by atoms with van der Waals surface area (Å²) in [7, 11) is 0. The Hall–Kier alpha value is -3.02. The van der Waals surface area contributed by atoms with E-state index in [4.69, 9.17) is 20.3 Å². The molecule has 3 N–H and O–H groups in total. The summed E-state index contributed by atoms with van der Waals surface area (Å²) in [6.45, 7) is 1.79. The largest absolute Gasteiger partial charge is 0.478 e. The molecule has 0 saturated carbocycles. The SMILES string of the molecule is CCOC(=O)c1cc(Oc2ccccc2N)ccc1C(=O)O. The van der Waals surface area contributed by atoms with Crippen LogP contribution in [0.15, 0.2) is 42.5 Å². The minimum atomic E-state index is -1.21. The van der Waals surface area contributed by atoms with Crippen molar-refractivity contribution in [2.24, 2.45) is 0 Å². The van der Waals surface area contributed by atoms with Gasteiger partial charge < -0.3 is 20.3 Å². The number of benzene rings is 2. The molecule has 2 aromatic rings. The third-order valence-corrected chi connectivity index (χ3v) is 2.86. The Morgan fingerprint density at radius 3 is 2.50 bits per heavy atom. The van der Waals surface area contributed by atoms with Crippen molar-refractivity contribution >= 4 is 17.6 Å². The molecule has 0 spiro atoms. The van der Waals surface area contributed by atoms with E-state index < -0.39 is 11.9 Å². The van der Waals surface area contributed by atoms with E-state index in [2.05, 4.69) is 0 Å². The van der Waals surface area contributed by atoms with E-state index in [0.717, 1.165) is 0 Å². The molecule has 0 aromatic heterocycles. The number of nitrogen functional groups attached to an aromatic ring is 1. The number of carboxylic acid groups (broad SMARTS) is 1. The van der Waals surface area contributed by atoms with Crippen molar-refractivity contribution in [1.82, 2.24) is 0 Å². The molecule has 0 aliphatic carbocycles. The second kappa shape index (κ2) is 6.62. The minimum absolute atomic E-state index is 0.0682. The summed E-state index contributed by atoms with van der Waals surface area (Å²) in [5.74, 6) is -1.22. The van der Waals surface area contributed by atoms with Crippen LogP contribution < -0.4 is 10.5 Å². The maximum Gasteiger partial charge on any atom is 0.339 e. The van der Waals surface area contributed by atoms with E-state index in [1.807, 2.05) is 0 Å². The van der Waals surface area contributed by atoms with Crippen molar-refractivity contribution in [1.29, 1.82) is 0 Å². The van der Waals surface area contributed by atoms with Crippen LogP contribution in [0.3, 0.4) is 0 Å². The number of carboxylic acids is 1. The van der Waals surface area contributed by atoms with Crippen molar-refractivity contribution < 1.29 is 24.2 Å². The molecule has 114 valence electrons. The molecule has 0 aliphatic rings. The molecule has 0 saturated heterocycles. The van der Waals surface area contributed by atoms with Gasteiger partial charge >= 0.3 is 11.9 Å². The number of hydrogen-bond donors (Lipinski definition) is 2. The number of carbonyl (C=O) groups is 2. The monoisotopic (exact) mass is 301 g/mol. The molecule has 2 aromatic carbocycles. The van der Waals surface area contributed by atoms with E-state index in [1.54, 1.807) is 31.2 Å². The summed E-state index contributed by atoms with van der Waals surface area (Å²) in [5, 5.41) is 9.14. The maximum absolute atomic E-state index is 11.9. The highest BCUT2D eigenvalue weighted by molar-refractivity contribution is 6.02. The van der Waals surface area contributed by atoms with Gasteiger partial charge in [-0.3, -0.25) is 0 Å². The molecule has 0 unspecified atom stereocenters. The van der Waals surface area contributed by atoms with Crippen LogP contribution >= 0.6 is 0 Å². The normalized spacial score (nSPS) is 10.0. The van der Waals surface area contributed by atoms with E-state index >= 15 is 0 Å². The standard InChI is InChI=1S/C16H15NO5/c1-2-21-16(20)12-9-10(7-8-11(12)15(18)19)22-14-6-4-3-5-13(14)17/h3-9H,2,17H2,1H3,(H,18,19). The quantitative estimate of drug-likeness (QED) is 0.650. The zero-order chi connectivity index (χ0) is 16.1. The summed E-state index contributed by atoms with van der Waals surface area (Å²) in [4.78, 5) is 23.1. The molecule has 6 nitrogen and oxygen atoms in total. The number of nitrogens with two attached hydrogens (primary N) is 1. The lowest BCUT2D eigenvalue weighted by molar-refractivity contribution is 0.0514. The fourth-order valence-corrected chi connectivity index (χ4v) is 1.85. The zero-order valence-corrected chi connectivity index (χ0v) is 11.9. The van der Waals surface area contributed by atoms with Crippen molar-refractivity contribution in [3.63, 3.8) is 0 Å². The summed E-state index contributed by atoms with van der Waals surface area (Å²) in [6.07, 6.45) is 0. The molecule has 6 heteroatoms. The van der Waals surface area contributed by atoms with Gasteiger partial charge in [-0.15, -0.1) is 0 Å². The third-order valence-electron chi connectivity index (χ3n) is 2.86. The van der Waals surface area contributed by atoms with Crippen molar-refractivity contribution in [2.75, 3.05) is 12.3 Å². The average molecular weight is 301 g/mol. The summed E-state index contributed by atoms with van der Waals surface area (Å²) < 4.78 is 10.5. The van der Waals surface area contributed by atoms with Crippen molar-refractivity contribution in [2.45, 2.75) is 6.92 Å². The first-order valence-electron chi connectivity index (χ1n) is 6.59. The van der Waals surface area contributed by atoms with E-state index in [1.165, 1.54) is 18.2 Å². The average Bonchev–Trinajstić information content (AvgIpc) is 2.49. The first-order chi connectivity index (χ1) is 10.5. The van der Waals surface area contributed by atoms with E-state index in [0.29, 0.717) is 17.2 Å². The number of hydrogen-bond acceptors (Lipinski definition) is 5. The van der Waals surface area contributed by atoms with Gasteiger partial charge in [-0.05, 0) is 37.3 Å². The van der Waals surface area contributed by atoms with E-state index in [9.17, 15) is 9.59 Å². The van der Waals surface area contributed by atoms with Crippen LogP contribution in [0.25, 0.3) is 0 Å². The molecule has 0 radical (unpaired) electrons. The number of para-hydroxylation sites is 2. The smallest absolute Gasteiger partial charge is 0.339 e. The number of carbonyl (C=O) groups excluding carboxylic acids is 1. The predicted octanol–water partition coefficient (Wildman–Crippen LogP) is 2.94. The number of esters is 1. The highest BCUT2D eigenvalue weighted by Crippen LogP contribution is 2.28. The predicted molar refractivity (Wildman–Crippen MR) is 80.3 cm³/mol. The lowest BCUT2D eigenvalue weighted by atomic mass is 10.1. The van der Waals surface area contributed by atoms with Crippen LogP contribution in [-0.2, 0) is 4.74 Å². The highest BCUT2D eigenvalue weighted by atomic mass is 16.5. The molecule has 22 heavy (non-hydrogen) atoms. The van der Waals surface area contributed by atoms with Gasteiger partial charge in [0.05, 0.1) is 23.4 Å². The Balaban J connectivity index is 2.38. The topological polar surface area (TPSA) is 98.9 Å². The molecular weight excluding hydrogens is 286 g/mol. The molecule has 0 heterocycles. The number of anilines is 1. The van der Waals surface area contributed by atoms with E-state index in [-0.39, 0.29) is 17.7 Å². The maximum atomic E-state index is 11.9. The van der Waals surface area contributed by atoms with Crippen LogP contribution in [0.5, 0.6) is 11.5 Å². The second-order valence-corrected chi connectivity index (χ2v) is 4.37. The molecule has 0 atom stereocenters. The number of aromatic carboxylic acids is 1. The molecule has 2 rings (SSSR count). The van der Waals surface area contributed by atoms with Gasteiger partial charge in [0.25, 0.3) is 0 Å². The molecule has 0 bridgehead atoms. The van der Waals surface area contributed by atoms with Gasteiger partial charge in [0, 0.05) is 0 Å². The molecule has 0 fully saturated rings. The number of ether oxygens (including phenoxy) is 2. The van der Waals surface area contributed by atoms with Gasteiger partial charge in [-0.2, -0.15) is 0 Å². The number of rotatable bonds is 5. The van der Waals surface area contributed by atoms with Gasteiger partial charge in [0.15, 0.2) is 0 Å².